The van der Waals surface area contributed by atoms with Gasteiger partial charge in [0, 0.05) is 45.6 Å². The Morgan fingerprint density at radius 1 is 1.15 bits per heavy atom. The number of rotatable bonds is 9. The number of ether oxygens (including phenoxy) is 1. The molecule has 4 rings (SSSR count). The second-order valence-electron chi connectivity index (χ2n) is 7.73. The molecule has 9 heteroatoms. The van der Waals surface area contributed by atoms with Gasteiger partial charge in [-0.05, 0) is 43.2 Å². The first-order valence-electron chi connectivity index (χ1n) is 10.9. The molecule has 2 aromatic heterocycles. The second kappa shape index (κ2) is 10.5. The van der Waals surface area contributed by atoms with Crippen LogP contribution in [0, 0.1) is 0 Å². The summed E-state index contributed by atoms with van der Waals surface area (Å²) in [6.45, 7) is 1.88. The summed E-state index contributed by atoms with van der Waals surface area (Å²) in [7, 11) is 1.68. The Bertz CT molecular complexity index is 1270. The summed E-state index contributed by atoms with van der Waals surface area (Å²) in [5.74, 6) is 1.35. The molecule has 33 heavy (non-hydrogen) atoms. The standard InChI is InChI=1S/C24H27ClN6O2.2H2/c1-33-15-12-20-30-21-22(18-6-2-3-7-19(18)29-23(21)26)31(20)14-5-4-13-27-24(32)28-17-10-8-16(25)9-11-17;;/h2-3,6-11H,4-5,12-15H2,1H3,(H2,26,29)(H2,27,28,32);2*1H. The number of nitrogens with one attached hydrogen (secondary N) is 2. The lowest BCUT2D eigenvalue weighted by molar-refractivity contribution is 0.199. The summed E-state index contributed by atoms with van der Waals surface area (Å²) in [6, 6.07) is 14.7. The van der Waals surface area contributed by atoms with Gasteiger partial charge in [-0.25, -0.2) is 14.8 Å². The Morgan fingerprint density at radius 3 is 2.73 bits per heavy atom. The van der Waals surface area contributed by atoms with Crippen LogP contribution in [0.25, 0.3) is 21.9 Å². The molecule has 2 heterocycles. The van der Waals surface area contributed by atoms with E-state index in [1.165, 1.54) is 0 Å². The average molecular weight is 471 g/mol. The lowest BCUT2D eigenvalue weighted by Crippen LogP contribution is -2.29. The number of nitrogens with two attached hydrogens (primary N) is 1. The van der Waals surface area contributed by atoms with Crippen molar-refractivity contribution >= 4 is 51.1 Å². The van der Waals surface area contributed by atoms with Crippen LogP contribution in [0.1, 0.15) is 21.5 Å². The first-order chi connectivity index (χ1) is 16.1. The molecule has 4 N–H and O–H groups in total. The molecule has 0 aliphatic rings. The fraction of sp³-hybridized carbons (Fsp3) is 0.292. The predicted molar refractivity (Wildman–Crippen MR) is 137 cm³/mol. The van der Waals surface area contributed by atoms with Crippen molar-refractivity contribution in [3.8, 4) is 0 Å². The van der Waals surface area contributed by atoms with Crippen LogP contribution in [0.5, 0.6) is 0 Å². The number of anilines is 2. The fourth-order valence-corrected chi connectivity index (χ4v) is 3.96. The van der Waals surface area contributed by atoms with Crippen molar-refractivity contribution in [1.82, 2.24) is 19.9 Å². The normalized spacial score (nSPS) is 11.2. The van der Waals surface area contributed by atoms with E-state index < -0.39 is 0 Å². The molecule has 176 valence electrons. The van der Waals surface area contributed by atoms with Crippen LogP contribution < -0.4 is 16.4 Å². The Balaban J connectivity index is 0.00000216. The number of fused-ring (bicyclic) bond motifs is 3. The van der Waals surface area contributed by atoms with Crippen molar-refractivity contribution in [3.05, 3.63) is 59.4 Å². The van der Waals surface area contributed by atoms with Gasteiger partial charge in [-0.1, -0.05) is 29.8 Å². The molecule has 0 aliphatic heterocycles. The molecule has 4 aromatic rings. The smallest absolute Gasteiger partial charge is 0.319 e. The minimum absolute atomic E-state index is 0. The summed E-state index contributed by atoms with van der Waals surface area (Å²) in [4.78, 5) is 21.4. The molecule has 0 spiro atoms. The van der Waals surface area contributed by atoms with E-state index in [2.05, 4.69) is 20.2 Å². The Kier molecular flexibility index (Phi) is 7.26. The maximum absolute atomic E-state index is 12.1. The summed E-state index contributed by atoms with van der Waals surface area (Å²) in [5.41, 5.74) is 9.50. The molecule has 0 atom stereocenters. The summed E-state index contributed by atoms with van der Waals surface area (Å²) >= 11 is 5.87. The number of carbonyl (C=O) groups excluding carboxylic acids is 1. The first-order valence-corrected chi connectivity index (χ1v) is 11.3. The van der Waals surface area contributed by atoms with E-state index in [1.54, 1.807) is 31.4 Å². The van der Waals surface area contributed by atoms with Crippen molar-refractivity contribution in [3.63, 3.8) is 0 Å². The van der Waals surface area contributed by atoms with E-state index in [-0.39, 0.29) is 8.88 Å². The van der Waals surface area contributed by atoms with Gasteiger partial charge in [-0.15, -0.1) is 0 Å². The number of carbonyl (C=O) groups is 1. The zero-order valence-electron chi connectivity index (χ0n) is 18.5. The van der Waals surface area contributed by atoms with Gasteiger partial charge in [0.25, 0.3) is 0 Å². The van der Waals surface area contributed by atoms with Gasteiger partial charge in [-0.3, -0.25) is 0 Å². The monoisotopic (exact) mass is 470 g/mol. The number of urea groups is 1. The maximum atomic E-state index is 12.1. The van der Waals surface area contributed by atoms with Gasteiger partial charge >= 0.3 is 6.03 Å². The first kappa shape index (κ1) is 22.8. The third-order valence-corrected chi connectivity index (χ3v) is 5.67. The van der Waals surface area contributed by atoms with E-state index in [9.17, 15) is 4.79 Å². The number of amides is 2. The van der Waals surface area contributed by atoms with Crippen LogP contribution in [0.2, 0.25) is 5.02 Å². The van der Waals surface area contributed by atoms with Crippen LogP contribution in [-0.4, -0.2) is 40.8 Å². The average Bonchev–Trinajstić information content (AvgIpc) is 3.18. The summed E-state index contributed by atoms with van der Waals surface area (Å²) in [5, 5.41) is 7.34. The maximum Gasteiger partial charge on any atom is 0.319 e. The predicted octanol–water partition coefficient (Wildman–Crippen LogP) is 5.10. The van der Waals surface area contributed by atoms with Crippen molar-refractivity contribution in [1.29, 1.82) is 0 Å². The third-order valence-electron chi connectivity index (χ3n) is 5.42. The van der Waals surface area contributed by atoms with Crippen LogP contribution in [0.3, 0.4) is 0 Å². The molecule has 0 saturated heterocycles. The number of benzene rings is 2. The quantitative estimate of drug-likeness (QED) is 0.295. The number of para-hydroxylation sites is 1. The SMILES string of the molecule is COCCc1nc2c(N)nc3ccccc3c2n1CCCCNC(=O)Nc1ccc(Cl)cc1.[HH].[HH]. The number of aromatic nitrogens is 3. The van der Waals surface area contributed by atoms with E-state index in [0.717, 1.165) is 47.1 Å². The second-order valence-corrected chi connectivity index (χ2v) is 8.17. The highest BCUT2D eigenvalue weighted by Gasteiger charge is 2.17. The molecule has 0 fully saturated rings. The molecule has 0 unspecified atom stereocenters. The summed E-state index contributed by atoms with van der Waals surface area (Å²) < 4.78 is 7.49. The lowest BCUT2D eigenvalue weighted by atomic mass is 10.2. The highest BCUT2D eigenvalue weighted by molar-refractivity contribution is 6.30. The Morgan fingerprint density at radius 2 is 1.94 bits per heavy atom. The number of hydrogen-bond acceptors (Lipinski definition) is 5. The molecule has 8 nitrogen and oxygen atoms in total. The Labute approximate surface area is 200 Å². The minimum Gasteiger partial charge on any atom is -0.384 e. The molecule has 0 aliphatic carbocycles. The van der Waals surface area contributed by atoms with E-state index in [0.29, 0.717) is 36.1 Å². The topological polar surface area (TPSA) is 107 Å². The fourth-order valence-electron chi connectivity index (χ4n) is 3.84. The number of nitrogens with zero attached hydrogens (tertiary/aromatic N) is 3. The lowest BCUT2D eigenvalue weighted by Gasteiger charge is -2.12. The molecule has 0 saturated carbocycles. The van der Waals surface area contributed by atoms with Crippen molar-refractivity contribution < 1.29 is 12.4 Å². The number of halogens is 1. The van der Waals surface area contributed by atoms with Crippen molar-refractivity contribution in [2.45, 2.75) is 25.8 Å². The zero-order chi connectivity index (χ0) is 23.2. The van der Waals surface area contributed by atoms with Crippen LogP contribution in [-0.2, 0) is 17.7 Å². The molecule has 2 aromatic carbocycles. The van der Waals surface area contributed by atoms with Gasteiger partial charge in [0.05, 0.1) is 17.6 Å². The van der Waals surface area contributed by atoms with Crippen LogP contribution >= 0.6 is 11.6 Å². The molecular weight excluding hydrogens is 440 g/mol. The zero-order valence-corrected chi connectivity index (χ0v) is 19.2. The van der Waals surface area contributed by atoms with Crippen molar-refractivity contribution in [2.24, 2.45) is 0 Å². The van der Waals surface area contributed by atoms with Crippen molar-refractivity contribution in [2.75, 3.05) is 31.3 Å². The number of nitrogen functional groups attached to an aromatic ring is 1. The van der Waals surface area contributed by atoms with Gasteiger partial charge in [0.2, 0.25) is 0 Å². The van der Waals surface area contributed by atoms with Gasteiger partial charge in [-0.2, -0.15) is 0 Å². The number of imidazole rings is 1. The Hall–Kier alpha value is -3.36. The number of methoxy groups -OCH3 is 1. The van der Waals surface area contributed by atoms with Gasteiger partial charge < -0.3 is 25.7 Å². The molecule has 0 radical (unpaired) electrons. The highest BCUT2D eigenvalue weighted by Crippen LogP contribution is 2.29. The molecule has 2 amide bonds. The third kappa shape index (κ3) is 5.35. The van der Waals surface area contributed by atoms with Crippen LogP contribution in [0.4, 0.5) is 16.3 Å². The van der Waals surface area contributed by atoms with Gasteiger partial charge in [0.1, 0.15) is 11.3 Å². The number of hydrogen-bond donors (Lipinski definition) is 3. The largest absolute Gasteiger partial charge is 0.384 e. The number of unbranched alkanes of at least 4 members (excludes halogenated alkanes) is 1. The minimum atomic E-state index is -0.240. The van der Waals surface area contributed by atoms with E-state index >= 15 is 0 Å². The van der Waals surface area contributed by atoms with Gasteiger partial charge in [0.15, 0.2) is 5.82 Å². The molecular formula is C24H31ClN6O2. The number of pyridine rings is 1. The number of aryl methyl sites for hydroxylation is 1. The van der Waals surface area contributed by atoms with E-state index in [4.69, 9.17) is 27.1 Å². The van der Waals surface area contributed by atoms with Crippen LogP contribution in [0.15, 0.2) is 48.5 Å². The van der Waals surface area contributed by atoms with E-state index in [1.807, 2.05) is 24.3 Å². The highest BCUT2D eigenvalue weighted by atomic mass is 35.5. The molecule has 0 bridgehead atoms. The summed E-state index contributed by atoms with van der Waals surface area (Å²) in [6.07, 6.45) is 2.36.